The summed E-state index contributed by atoms with van der Waals surface area (Å²) in [4.78, 5) is 38.8. The van der Waals surface area contributed by atoms with Gasteiger partial charge in [-0.1, -0.05) is 0 Å². The van der Waals surface area contributed by atoms with Gasteiger partial charge in [-0.2, -0.15) is 0 Å². The van der Waals surface area contributed by atoms with Crippen molar-refractivity contribution < 1.29 is 33.0 Å². The molecule has 0 amide bonds. The molecule has 0 bridgehead atoms. The third-order valence-corrected chi connectivity index (χ3v) is 1.80. The van der Waals surface area contributed by atoms with Crippen molar-refractivity contribution in [1.29, 1.82) is 0 Å². The van der Waals surface area contributed by atoms with Gasteiger partial charge in [0.1, 0.15) is 0 Å². The standard InChI is InChI=1S/N3.5H3N.H4O7P2/c1-3-2;;;;;;1-8(2,3)7-9(4,5)6/h;5*1H3;(H2,1,2,3)(H2,4,5,6)/q-1;;;;;;/p+1. The minimum Gasteiger partial charge on any atom is -0.790 e. The molecule has 0 rings (SSSR count). The Bertz CT molecular complexity index is 227. The van der Waals surface area contributed by atoms with Crippen molar-refractivity contribution in [1.82, 2.24) is 30.8 Å². The first-order valence-electron chi connectivity index (χ1n) is 1.86. The second-order valence-electron chi connectivity index (χ2n) is 1.07. The quantitative estimate of drug-likeness (QED) is 0.190. The van der Waals surface area contributed by atoms with Crippen molar-refractivity contribution in [2.45, 2.75) is 0 Å². The molecule has 0 aliphatic carbocycles. The van der Waals surface area contributed by atoms with E-state index in [4.69, 9.17) is 11.1 Å². The van der Waals surface area contributed by atoms with Gasteiger partial charge in [-0.3, -0.25) is 4.91 Å². The smallest absolute Gasteiger partial charge is 0.0655 e. The summed E-state index contributed by atoms with van der Waals surface area (Å²) < 4.78 is 21.2. The van der Waals surface area contributed by atoms with Gasteiger partial charge in [0.2, 0.25) is 0 Å². The molecule has 0 aromatic rings. The molecule has 0 atom stereocenters. The van der Waals surface area contributed by atoms with Crippen molar-refractivity contribution in [3.05, 3.63) is 16.0 Å². The van der Waals surface area contributed by atoms with Gasteiger partial charge in [0.15, 0.2) is 0 Å². The first-order valence-corrected chi connectivity index (χ1v) is 4.78. The molecule has 0 saturated carbocycles. The summed E-state index contributed by atoms with van der Waals surface area (Å²) in [6.07, 6.45) is 0. The van der Waals surface area contributed by atoms with E-state index >= 15 is 0 Å². The van der Waals surface area contributed by atoms with E-state index in [0.717, 1.165) is 0 Å². The Labute approximate surface area is 96.4 Å². The Hall–Kier alpha value is -0.630. The monoisotopic (exact) mass is 306 g/mol. The van der Waals surface area contributed by atoms with E-state index in [1.165, 1.54) is 4.91 Å². The molecule has 112 valence electrons. The van der Waals surface area contributed by atoms with Gasteiger partial charge < -0.3 is 74.8 Å². The van der Waals surface area contributed by atoms with E-state index in [1.807, 2.05) is 0 Å². The Balaban J connectivity index is -0.0000000229. The van der Waals surface area contributed by atoms with Crippen LogP contribution in [0.1, 0.15) is 0 Å². The van der Waals surface area contributed by atoms with Crippen molar-refractivity contribution in [3.8, 4) is 0 Å². The molecule has 0 saturated heterocycles. The predicted octanol–water partition coefficient (Wildman–Crippen LogP) is -0.593. The molecule has 17 heavy (non-hydrogen) atoms. The Morgan fingerprint density at radius 1 is 0.765 bits per heavy atom. The minimum absolute atomic E-state index is 0. The lowest BCUT2D eigenvalue weighted by Crippen LogP contribution is -2.23. The fourth-order valence-electron chi connectivity index (χ4n) is 0.122. The summed E-state index contributed by atoms with van der Waals surface area (Å²) in [6, 6.07) is 0. The maximum absolute atomic E-state index is 9.32. The highest BCUT2D eigenvalue weighted by molar-refractivity contribution is 7.57. The molecule has 0 aromatic carbocycles. The summed E-state index contributed by atoms with van der Waals surface area (Å²) in [5, 5.41) is 0. The largest absolute Gasteiger partial charge is 0.790 e. The molecule has 17 heteroatoms. The van der Waals surface area contributed by atoms with E-state index in [0.29, 0.717) is 0 Å². The first kappa shape index (κ1) is 44.0. The van der Waals surface area contributed by atoms with Crippen LogP contribution in [0.25, 0.3) is 16.0 Å². The molecule has 0 fully saturated rings. The lowest BCUT2D eigenvalue weighted by molar-refractivity contribution is -0.364. The van der Waals surface area contributed by atoms with E-state index in [-0.39, 0.29) is 30.8 Å². The molecule has 0 aliphatic rings. The topological polar surface area (TPSA) is 377 Å². The van der Waals surface area contributed by atoms with Crippen molar-refractivity contribution in [2.24, 2.45) is 0 Å². The summed E-state index contributed by atoms with van der Waals surface area (Å²) in [5.41, 5.74) is 13.5. The number of nitrogens with zero attached hydrogens (tertiary/aromatic N) is 3. The SMILES string of the molecule is O=P([O-])([O-])OP(=O)([O-])[O-].[N-]=[N+]=[N-].[NH4+].[NH4+].[NH4+].[NH4+].[NH4+]. The number of hydrogen-bond donors (Lipinski definition) is 5. The van der Waals surface area contributed by atoms with E-state index in [9.17, 15) is 28.7 Å². The maximum Gasteiger partial charge on any atom is 0.0655 e. The van der Waals surface area contributed by atoms with Gasteiger partial charge in [0.25, 0.3) is 0 Å². The summed E-state index contributed by atoms with van der Waals surface area (Å²) in [6.45, 7) is 0. The van der Waals surface area contributed by atoms with Crippen LogP contribution in [0, 0.1) is 0 Å². The number of hydrogen-bond acceptors (Lipinski definition) is 7. The van der Waals surface area contributed by atoms with Crippen LogP contribution in [0.4, 0.5) is 0 Å². The average Bonchev–Trinajstić information content (AvgIpc) is 1.53. The molecular formula is H20N8O7P2. The molecule has 0 heterocycles. The zero-order chi connectivity index (χ0) is 10.4. The summed E-state index contributed by atoms with van der Waals surface area (Å²) >= 11 is 0. The van der Waals surface area contributed by atoms with Gasteiger partial charge >= 0.3 is 0 Å². The molecule has 0 aromatic heterocycles. The summed E-state index contributed by atoms with van der Waals surface area (Å²) in [5.74, 6) is 0. The van der Waals surface area contributed by atoms with Crippen molar-refractivity contribution in [2.75, 3.05) is 0 Å². The molecule has 0 spiro atoms. The van der Waals surface area contributed by atoms with Gasteiger partial charge in [-0.25, -0.2) is 0 Å². The molecule has 0 radical (unpaired) electrons. The zero-order valence-corrected chi connectivity index (χ0v) is 11.9. The van der Waals surface area contributed by atoms with Crippen LogP contribution in [0.2, 0.25) is 0 Å². The van der Waals surface area contributed by atoms with Gasteiger partial charge in [-0.15, -0.1) is 0 Å². The highest BCUT2D eigenvalue weighted by atomic mass is 31.3. The van der Waals surface area contributed by atoms with E-state index in [2.05, 4.69) is 4.31 Å². The van der Waals surface area contributed by atoms with Gasteiger partial charge in [-0.05, 0) is 0 Å². The predicted molar refractivity (Wildman–Crippen MR) is 56.3 cm³/mol. The summed E-state index contributed by atoms with van der Waals surface area (Å²) in [7, 11) is -11.4. The number of phosphoric acid groups is 2. The maximum atomic E-state index is 9.32. The van der Waals surface area contributed by atoms with Crippen LogP contribution < -0.4 is 50.3 Å². The molecule has 0 unspecified atom stereocenters. The second kappa shape index (κ2) is 17.8. The fourth-order valence-corrected chi connectivity index (χ4v) is 1.10. The second-order valence-corrected chi connectivity index (χ2v) is 3.51. The van der Waals surface area contributed by atoms with Crippen LogP contribution >= 0.6 is 15.6 Å². The zero-order valence-electron chi connectivity index (χ0n) is 10.1. The van der Waals surface area contributed by atoms with Crippen molar-refractivity contribution >= 4 is 15.6 Å². The van der Waals surface area contributed by atoms with Crippen molar-refractivity contribution in [3.63, 3.8) is 0 Å². The number of rotatable bonds is 2. The van der Waals surface area contributed by atoms with Gasteiger partial charge in [0, 0.05) is 0 Å². The van der Waals surface area contributed by atoms with Crippen LogP contribution in [0.15, 0.2) is 0 Å². The normalized spacial score (nSPS) is 7.76. The van der Waals surface area contributed by atoms with E-state index in [1.54, 1.807) is 0 Å². The minimum atomic E-state index is -5.68. The van der Waals surface area contributed by atoms with E-state index < -0.39 is 15.6 Å². The molecular weight excluding hydrogens is 286 g/mol. The van der Waals surface area contributed by atoms with Gasteiger partial charge in [0.05, 0.1) is 15.6 Å². The third-order valence-electron chi connectivity index (χ3n) is 0.200. The molecule has 15 nitrogen and oxygen atoms in total. The first-order chi connectivity index (χ1) is 5.12. The molecule has 0 aliphatic heterocycles. The highest BCUT2D eigenvalue weighted by Crippen LogP contribution is 2.42. The van der Waals surface area contributed by atoms with Crippen LogP contribution in [-0.2, 0) is 13.4 Å². The average molecular weight is 306 g/mol. The Kier molecular flexibility index (Phi) is 46.0. The van der Waals surface area contributed by atoms with Crippen LogP contribution in [0.3, 0.4) is 0 Å². The lowest BCUT2D eigenvalue weighted by Gasteiger charge is -2.39. The fraction of sp³-hybridized carbons (Fsp3) is 0. The highest BCUT2D eigenvalue weighted by Gasteiger charge is 1.92. The third kappa shape index (κ3) is 95.3. The van der Waals surface area contributed by atoms with Crippen LogP contribution in [-0.4, -0.2) is 0 Å². The lowest BCUT2D eigenvalue weighted by atomic mass is 13.0. The Morgan fingerprint density at radius 3 is 0.882 bits per heavy atom. The Morgan fingerprint density at radius 2 is 0.882 bits per heavy atom. The number of quaternary nitrogens is 5. The van der Waals surface area contributed by atoms with Crippen LogP contribution in [0.5, 0.6) is 0 Å². The molecule has 20 N–H and O–H groups in total.